The molecule has 0 spiro atoms. The number of nitrogens with zero attached hydrogens (tertiary/aromatic N) is 1. The summed E-state index contributed by atoms with van der Waals surface area (Å²) in [5, 5.41) is 13.1. The van der Waals surface area contributed by atoms with Crippen LogP contribution in [0.4, 0.5) is 0 Å². The Morgan fingerprint density at radius 1 is 1.26 bits per heavy atom. The molecular weight excluding hydrogens is 240 g/mol. The van der Waals surface area contributed by atoms with Gasteiger partial charge in [-0.25, -0.2) is 0 Å². The van der Waals surface area contributed by atoms with E-state index in [0.29, 0.717) is 0 Å². The molecule has 1 atom stereocenters. The lowest BCUT2D eigenvalue weighted by Crippen LogP contribution is -2.46. The van der Waals surface area contributed by atoms with Gasteiger partial charge in [0.15, 0.2) is 0 Å². The van der Waals surface area contributed by atoms with Gasteiger partial charge in [0, 0.05) is 31.7 Å². The summed E-state index contributed by atoms with van der Waals surface area (Å²) in [5.41, 5.74) is 3.55. The Kier molecular flexibility index (Phi) is 4.80. The Hall–Kier alpha value is -1.10. The van der Waals surface area contributed by atoms with Crippen molar-refractivity contribution in [2.24, 2.45) is 0 Å². The number of rotatable bonds is 4. The minimum atomic E-state index is 0.0244. The van der Waals surface area contributed by atoms with E-state index >= 15 is 0 Å². The molecule has 1 aliphatic rings. The normalized spacial score (nSPS) is 18.3. The van der Waals surface area contributed by atoms with Crippen LogP contribution in [-0.2, 0) is 0 Å². The summed E-state index contributed by atoms with van der Waals surface area (Å²) in [6.45, 7) is 8.18. The first-order valence-corrected chi connectivity index (χ1v) is 6.88. The van der Waals surface area contributed by atoms with Gasteiger partial charge in [0.2, 0.25) is 0 Å². The molecule has 0 aromatic heterocycles. The molecule has 1 aromatic carbocycles. The fourth-order valence-electron chi connectivity index (χ4n) is 2.65. The van der Waals surface area contributed by atoms with E-state index in [4.69, 9.17) is 4.74 Å². The number of aliphatic hydroxyl groups is 1. The van der Waals surface area contributed by atoms with E-state index in [2.05, 4.69) is 36.2 Å². The second kappa shape index (κ2) is 6.37. The van der Waals surface area contributed by atoms with Crippen molar-refractivity contribution in [2.45, 2.75) is 19.9 Å². The van der Waals surface area contributed by atoms with Gasteiger partial charge in [-0.05, 0) is 31.0 Å². The predicted octanol–water partition coefficient (Wildman–Crippen LogP) is 1.25. The Labute approximate surface area is 115 Å². The van der Waals surface area contributed by atoms with Crippen molar-refractivity contribution in [1.29, 1.82) is 0 Å². The number of hydrogen-bond acceptors (Lipinski definition) is 4. The smallest absolute Gasteiger partial charge is 0.124 e. The average Bonchev–Trinajstić information content (AvgIpc) is 2.44. The maximum atomic E-state index is 9.79. The molecule has 0 saturated carbocycles. The molecule has 1 aromatic rings. The summed E-state index contributed by atoms with van der Waals surface area (Å²) >= 11 is 0. The number of benzene rings is 1. The zero-order valence-electron chi connectivity index (χ0n) is 12.1. The molecular formula is C15H24N2O2. The van der Waals surface area contributed by atoms with Gasteiger partial charge < -0.3 is 15.2 Å². The molecule has 1 aliphatic heterocycles. The van der Waals surface area contributed by atoms with E-state index in [0.717, 1.165) is 37.5 Å². The largest absolute Gasteiger partial charge is 0.496 e. The summed E-state index contributed by atoms with van der Waals surface area (Å²) in [6.07, 6.45) is 0. The average molecular weight is 264 g/mol. The number of piperazine rings is 1. The van der Waals surface area contributed by atoms with Gasteiger partial charge in [0.1, 0.15) is 5.75 Å². The van der Waals surface area contributed by atoms with Crippen LogP contribution in [0.5, 0.6) is 5.75 Å². The van der Waals surface area contributed by atoms with Gasteiger partial charge in [-0.1, -0.05) is 6.07 Å². The second-order valence-electron chi connectivity index (χ2n) is 5.16. The van der Waals surface area contributed by atoms with Crippen LogP contribution in [0.1, 0.15) is 22.7 Å². The highest BCUT2D eigenvalue weighted by molar-refractivity contribution is 5.43. The monoisotopic (exact) mass is 264 g/mol. The molecule has 1 unspecified atom stereocenters. The summed E-state index contributed by atoms with van der Waals surface area (Å²) < 4.78 is 5.50. The van der Waals surface area contributed by atoms with Crippen molar-refractivity contribution in [1.82, 2.24) is 10.2 Å². The Balaban J connectivity index is 2.33. The third-order valence-corrected chi connectivity index (χ3v) is 3.97. The molecule has 1 fully saturated rings. The zero-order valence-corrected chi connectivity index (χ0v) is 12.1. The standard InChI is InChI=1S/C15H24N2O2/c1-11-8-13(15(19-3)9-12(11)2)14(10-18)17-6-4-16-5-7-17/h8-9,14,16,18H,4-7,10H2,1-3H3. The molecule has 1 heterocycles. The number of ether oxygens (including phenoxy) is 1. The van der Waals surface area contributed by atoms with Crippen molar-refractivity contribution in [3.05, 3.63) is 28.8 Å². The van der Waals surface area contributed by atoms with Crippen molar-refractivity contribution in [2.75, 3.05) is 39.9 Å². The first-order chi connectivity index (χ1) is 9.17. The predicted molar refractivity (Wildman–Crippen MR) is 76.7 cm³/mol. The fourth-order valence-corrected chi connectivity index (χ4v) is 2.65. The summed E-state index contributed by atoms with van der Waals surface area (Å²) in [5.74, 6) is 0.876. The van der Waals surface area contributed by atoms with Crippen LogP contribution < -0.4 is 10.1 Å². The topological polar surface area (TPSA) is 44.7 Å². The molecule has 2 N–H and O–H groups in total. The van der Waals surface area contributed by atoms with E-state index in [9.17, 15) is 5.11 Å². The number of nitrogens with one attached hydrogen (secondary N) is 1. The van der Waals surface area contributed by atoms with E-state index in [1.807, 2.05) is 0 Å². The van der Waals surface area contributed by atoms with Gasteiger partial charge in [-0.3, -0.25) is 4.90 Å². The lowest BCUT2D eigenvalue weighted by molar-refractivity contribution is 0.109. The van der Waals surface area contributed by atoms with Crippen LogP contribution in [-0.4, -0.2) is 49.9 Å². The maximum Gasteiger partial charge on any atom is 0.124 e. The minimum Gasteiger partial charge on any atom is -0.496 e. The SMILES string of the molecule is COc1cc(C)c(C)cc1C(CO)N1CCNCC1. The quantitative estimate of drug-likeness (QED) is 0.859. The Bertz CT molecular complexity index is 428. The van der Waals surface area contributed by atoms with E-state index in [1.165, 1.54) is 11.1 Å². The van der Waals surface area contributed by atoms with Gasteiger partial charge >= 0.3 is 0 Å². The molecule has 106 valence electrons. The molecule has 1 saturated heterocycles. The highest BCUT2D eigenvalue weighted by atomic mass is 16.5. The van der Waals surface area contributed by atoms with Crippen molar-refractivity contribution < 1.29 is 9.84 Å². The van der Waals surface area contributed by atoms with Crippen LogP contribution >= 0.6 is 0 Å². The Morgan fingerprint density at radius 3 is 2.47 bits per heavy atom. The highest BCUT2D eigenvalue weighted by Gasteiger charge is 2.24. The first-order valence-electron chi connectivity index (χ1n) is 6.88. The van der Waals surface area contributed by atoms with E-state index in [1.54, 1.807) is 7.11 Å². The molecule has 0 amide bonds. The van der Waals surface area contributed by atoms with Gasteiger partial charge in [-0.15, -0.1) is 0 Å². The molecule has 0 aliphatic carbocycles. The lowest BCUT2D eigenvalue weighted by atomic mass is 9.98. The second-order valence-corrected chi connectivity index (χ2v) is 5.16. The van der Waals surface area contributed by atoms with Crippen LogP contribution in [0.25, 0.3) is 0 Å². The third-order valence-electron chi connectivity index (χ3n) is 3.97. The highest BCUT2D eigenvalue weighted by Crippen LogP contribution is 2.31. The fraction of sp³-hybridized carbons (Fsp3) is 0.600. The van der Waals surface area contributed by atoms with Gasteiger partial charge in [0.05, 0.1) is 19.8 Å². The van der Waals surface area contributed by atoms with Crippen molar-refractivity contribution >= 4 is 0 Å². The minimum absolute atomic E-state index is 0.0244. The molecule has 4 nitrogen and oxygen atoms in total. The number of aryl methyl sites for hydroxylation is 2. The number of methoxy groups -OCH3 is 1. The van der Waals surface area contributed by atoms with Crippen LogP contribution in [0.15, 0.2) is 12.1 Å². The van der Waals surface area contributed by atoms with Crippen LogP contribution in [0.2, 0.25) is 0 Å². The summed E-state index contributed by atoms with van der Waals surface area (Å²) in [7, 11) is 1.69. The molecule has 0 bridgehead atoms. The summed E-state index contributed by atoms with van der Waals surface area (Å²) in [4.78, 5) is 2.32. The van der Waals surface area contributed by atoms with Crippen LogP contribution in [0, 0.1) is 13.8 Å². The first kappa shape index (κ1) is 14.3. The number of hydrogen-bond donors (Lipinski definition) is 2. The maximum absolute atomic E-state index is 9.79. The molecule has 2 rings (SSSR count). The van der Waals surface area contributed by atoms with Crippen molar-refractivity contribution in [3.8, 4) is 5.75 Å². The third kappa shape index (κ3) is 3.08. The summed E-state index contributed by atoms with van der Waals surface area (Å²) in [6, 6.07) is 4.24. The van der Waals surface area contributed by atoms with E-state index < -0.39 is 0 Å². The Morgan fingerprint density at radius 2 is 1.89 bits per heavy atom. The van der Waals surface area contributed by atoms with Gasteiger partial charge in [0.25, 0.3) is 0 Å². The lowest BCUT2D eigenvalue weighted by Gasteiger charge is -2.35. The van der Waals surface area contributed by atoms with Gasteiger partial charge in [-0.2, -0.15) is 0 Å². The van der Waals surface area contributed by atoms with Crippen molar-refractivity contribution in [3.63, 3.8) is 0 Å². The van der Waals surface area contributed by atoms with Crippen LogP contribution in [0.3, 0.4) is 0 Å². The van der Waals surface area contributed by atoms with E-state index in [-0.39, 0.29) is 12.6 Å². The molecule has 4 heteroatoms. The zero-order chi connectivity index (χ0) is 13.8. The number of aliphatic hydroxyl groups excluding tert-OH is 1. The molecule has 0 radical (unpaired) electrons. The molecule has 19 heavy (non-hydrogen) atoms.